The lowest BCUT2D eigenvalue weighted by Gasteiger charge is -2.11. The molecule has 6 heteroatoms. The highest BCUT2D eigenvalue weighted by Crippen LogP contribution is 2.11. The largest absolute Gasteiger partial charge is 0.358 e. The maximum Gasteiger partial charge on any atom is 0.232 e. The zero-order valence-electron chi connectivity index (χ0n) is 10.6. The average Bonchev–Trinajstić information content (AvgIpc) is 2.88. The summed E-state index contributed by atoms with van der Waals surface area (Å²) in [6, 6.07) is 4.06. The van der Waals surface area contributed by atoms with E-state index in [1.54, 1.807) is 18.4 Å². The number of thiophene rings is 1. The lowest BCUT2D eigenvalue weighted by atomic mass is 10.3. The van der Waals surface area contributed by atoms with Crippen LogP contribution in [-0.4, -0.2) is 36.4 Å². The van der Waals surface area contributed by atoms with Crippen molar-refractivity contribution in [3.05, 3.63) is 22.4 Å². The number of hydrogen-bond donors (Lipinski definition) is 2. The van der Waals surface area contributed by atoms with Crippen LogP contribution in [0.1, 0.15) is 11.8 Å². The van der Waals surface area contributed by atoms with Crippen LogP contribution < -0.4 is 10.6 Å². The standard InChI is InChI=1S/C12H18N2O2S2/c1-9(18-8-11(15)13-2)12(16)14-6-5-10-4-3-7-17-10/h3-4,7,9H,5-6,8H2,1-2H3,(H,13,15)(H,14,16)/t9-/m1/s1. The van der Waals surface area contributed by atoms with E-state index in [2.05, 4.69) is 16.7 Å². The van der Waals surface area contributed by atoms with E-state index in [1.165, 1.54) is 16.6 Å². The zero-order valence-corrected chi connectivity index (χ0v) is 12.2. The summed E-state index contributed by atoms with van der Waals surface area (Å²) in [5, 5.41) is 7.23. The van der Waals surface area contributed by atoms with Gasteiger partial charge in [-0.2, -0.15) is 0 Å². The summed E-state index contributed by atoms with van der Waals surface area (Å²) in [5.74, 6) is 0.245. The summed E-state index contributed by atoms with van der Waals surface area (Å²) in [4.78, 5) is 24.0. The van der Waals surface area contributed by atoms with Crippen LogP contribution in [0, 0.1) is 0 Å². The van der Waals surface area contributed by atoms with E-state index in [0.29, 0.717) is 12.3 Å². The third kappa shape index (κ3) is 5.55. The summed E-state index contributed by atoms with van der Waals surface area (Å²) in [7, 11) is 1.59. The minimum Gasteiger partial charge on any atom is -0.358 e. The van der Waals surface area contributed by atoms with Crippen molar-refractivity contribution in [3.63, 3.8) is 0 Å². The number of hydrogen-bond acceptors (Lipinski definition) is 4. The second kappa shape index (κ2) is 8.16. The predicted octanol–water partition coefficient (Wildman–Crippen LogP) is 1.27. The second-order valence-electron chi connectivity index (χ2n) is 3.75. The molecule has 2 amide bonds. The van der Waals surface area contributed by atoms with Gasteiger partial charge in [0.25, 0.3) is 0 Å². The fourth-order valence-electron chi connectivity index (χ4n) is 1.26. The molecule has 4 nitrogen and oxygen atoms in total. The Morgan fingerprint density at radius 2 is 2.28 bits per heavy atom. The fraction of sp³-hybridized carbons (Fsp3) is 0.500. The molecular weight excluding hydrogens is 268 g/mol. The molecule has 0 aliphatic rings. The van der Waals surface area contributed by atoms with Crippen molar-refractivity contribution < 1.29 is 9.59 Å². The zero-order chi connectivity index (χ0) is 13.4. The Balaban J connectivity index is 2.17. The van der Waals surface area contributed by atoms with Crippen molar-refractivity contribution in [2.24, 2.45) is 0 Å². The molecule has 1 rings (SSSR count). The highest BCUT2D eigenvalue weighted by molar-refractivity contribution is 8.01. The normalized spacial score (nSPS) is 11.9. The van der Waals surface area contributed by atoms with Crippen molar-refractivity contribution >= 4 is 34.9 Å². The highest BCUT2D eigenvalue weighted by atomic mass is 32.2. The van der Waals surface area contributed by atoms with Crippen molar-refractivity contribution in [1.82, 2.24) is 10.6 Å². The molecule has 0 unspecified atom stereocenters. The van der Waals surface area contributed by atoms with Gasteiger partial charge < -0.3 is 10.6 Å². The first-order valence-electron chi connectivity index (χ1n) is 5.75. The molecule has 1 atom stereocenters. The van der Waals surface area contributed by atoms with Gasteiger partial charge in [0.1, 0.15) is 0 Å². The summed E-state index contributed by atoms with van der Waals surface area (Å²) < 4.78 is 0. The van der Waals surface area contributed by atoms with Crippen LogP contribution in [0.4, 0.5) is 0 Å². The highest BCUT2D eigenvalue weighted by Gasteiger charge is 2.14. The Hall–Kier alpha value is -1.01. The van der Waals surface area contributed by atoms with Gasteiger partial charge in [-0.05, 0) is 24.8 Å². The number of amides is 2. The van der Waals surface area contributed by atoms with E-state index in [4.69, 9.17) is 0 Å². The van der Waals surface area contributed by atoms with Crippen molar-refractivity contribution in [2.75, 3.05) is 19.3 Å². The third-order valence-electron chi connectivity index (χ3n) is 2.36. The molecule has 0 spiro atoms. The van der Waals surface area contributed by atoms with E-state index >= 15 is 0 Å². The van der Waals surface area contributed by atoms with Gasteiger partial charge in [-0.15, -0.1) is 23.1 Å². The number of carbonyl (C=O) groups is 2. The quantitative estimate of drug-likeness (QED) is 0.794. The predicted molar refractivity (Wildman–Crippen MR) is 77.0 cm³/mol. The Morgan fingerprint density at radius 3 is 2.89 bits per heavy atom. The monoisotopic (exact) mass is 286 g/mol. The van der Waals surface area contributed by atoms with Gasteiger partial charge in [-0.25, -0.2) is 0 Å². The summed E-state index contributed by atoms with van der Waals surface area (Å²) >= 11 is 3.03. The van der Waals surface area contributed by atoms with Gasteiger partial charge in [0.15, 0.2) is 0 Å². The molecule has 0 aromatic carbocycles. The van der Waals surface area contributed by atoms with Crippen LogP contribution in [0.15, 0.2) is 17.5 Å². The molecule has 0 saturated heterocycles. The Labute approximate surface area is 116 Å². The van der Waals surface area contributed by atoms with E-state index in [0.717, 1.165) is 6.42 Å². The van der Waals surface area contributed by atoms with E-state index in [-0.39, 0.29) is 17.1 Å². The van der Waals surface area contributed by atoms with E-state index in [9.17, 15) is 9.59 Å². The lowest BCUT2D eigenvalue weighted by Crippen LogP contribution is -2.33. The van der Waals surface area contributed by atoms with E-state index in [1.807, 2.05) is 18.4 Å². The Kier molecular flexibility index (Phi) is 6.82. The molecule has 100 valence electrons. The molecule has 0 saturated carbocycles. The molecule has 0 aliphatic heterocycles. The first kappa shape index (κ1) is 15.0. The number of carbonyl (C=O) groups excluding carboxylic acids is 2. The summed E-state index contributed by atoms with van der Waals surface area (Å²) in [6.07, 6.45) is 0.857. The van der Waals surface area contributed by atoms with Crippen molar-refractivity contribution in [3.8, 4) is 0 Å². The molecule has 0 fully saturated rings. The SMILES string of the molecule is CNC(=O)CS[C@H](C)C(=O)NCCc1cccs1. The average molecular weight is 286 g/mol. The Morgan fingerprint density at radius 1 is 1.50 bits per heavy atom. The van der Waals surface area contributed by atoms with Gasteiger partial charge >= 0.3 is 0 Å². The number of nitrogens with one attached hydrogen (secondary N) is 2. The molecule has 1 aromatic rings. The Bertz CT molecular complexity index is 379. The third-order valence-corrected chi connectivity index (χ3v) is 4.44. The van der Waals surface area contributed by atoms with Gasteiger partial charge in [0, 0.05) is 18.5 Å². The molecule has 0 bridgehead atoms. The first-order valence-corrected chi connectivity index (χ1v) is 7.68. The summed E-state index contributed by atoms with van der Waals surface area (Å²) in [6.45, 7) is 2.46. The van der Waals surface area contributed by atoms with Gasteiger partial charge in [0.05, 0.1) is 11.0 Å². The second-order valence-corrected chi connectivity index (χ2v) is 6.11. The van der Waals surface area contributed by atoms with Crippen molar-refractivity contribution in [2.45, 2.75) is 18.6 Å². The molecule has 2 N–H and O–H groups in total. The molecule has 1 heterocycles. The van der Waals surface area contributed by atoms with E-state index < -0.39 is 0 Å². The van der Waals surface area contributed by atoms with Crippen LogP contribution in [-0.2, 0) is 16.0 Å². The smallest absolute Gasteiger partial charge is 0.232 e. The maximum absolute atomic E-state index is 11.7. The molecule has 1 aromatic heterocycles. The molecule has 18 heavy (non-hydrogen) atoms. The maximum atomic E-state index is 11.7. The number of rotatable bonds is 7. The van der Waals surface area contributed by atoms with Gasteiger partial charge in [0.2, 0.25) is 11.8 Å². The van der Waals surface area contributed by atoms with Gasteiger partial charge in [-0.3, -0.25) is 9.59 Å². The van der Waals surface area contributed by atoms with Crippen LogP contribution in [0.3, 0.4) is 0 Å². The minimum atomic E-state index is -0.203. The van der Waals surface area contributed by atoms with Crippen LogP contribution in [0.2, 0.25) is 0 Å². The molecule has 0 aliphatic carbocycles. The van der Waals surface area contributed by atoms with Crippen LogP contribution >= 0.6 is 23.1 Å². The van der Waals surface area contributed by atoms with Crippen molar-refractivity contribution in [1.29, 1.82) is 0 Å². The van der Waals surface area contributed by atoms with Crippen LogP contribution in [0.5, 0.6) is 0 Å². The summed E-state index contributed by atoms with van der Waals surface area (Å²) in [5.41, 5.74) is 0. The first-order chi connectivity index (χ1) is 8.63. The lowest BCUT2D eigenvalue weighted by molar-refractivity contribution is -0.120. The van der Waals surface area contributed by atoms with Gasteiger partial charge in [-0.1, -0.05) is 6.07 Å². The van der Waals surface area contributed by atoms with Crippen LogP contribution in [0.25, 0.3) is 0 Å². The molecule has 0 radical (unpaired) electrons. The number of thioether (sulfide) groups is 1. The molecular formula is C12H18N2O2S2. The minimum absolute atomic E-state index is 0.0135. The topological polar surface area (TPSA) is 58.2 Å². The fourth-order valence-corrected chi connectivity index (χ4v) is 2.75.